The number of oxime groups is 1. The van der Waals surface area contributed by atoms with Crippen LogP contribution in [0.3, 0.4) is 0 Å². The van der Waals surface area contributed by atoms with Crippen molar-refractivity contribution in [1.29, 1.82) is 0 Å². The number of non-ortho nitro benzene ring substituents is 1. The summed E-state index contributed by atoms with van der Waals surface area (Å²) in [6, 6.07) is 16.6. The fourth-order valence-corrected chi connectivity index (χ4v) is 4.75. The lowest BCUT2D eigenvalue weighted by atomic mass is 9.91. The van der Waals surface area contributed by atoms with Crippen molar-refractivity contribution in [2.24, 2.45) is 5.16 Å². The van der Waals surface area contributed by atoms with Gasteiger partial charge in [-0.1, -0.05) is 11.2 Å². The lowest BCUT2D eigenvalue weighted by Gasteiger charge is -2.32. The Morgan fingerprint density at radius 3 is 2.45 bits per heavy atom. The third kappa shape index (κ3) is 5.68. The average Bonchev–Trinajstić information content (AvgIpc) is 2.87. The Balaban J connectivity index is 1.74. The molecule has 9 nitrogen and oxygen atoms in total. The zero-order chi connectivity index (χ0) is 27.4. The second-order valence-electron chi connectivity index (χ2n) is 9.22. The second kappa shape index (κ2) is 11.4. The Morgan fingerprint density at radius 1 is 1.11 bits per heavy atom. The highest BCUT2D eigenvalue weighted by molar-refractivity contribution is 6.14. The van der Waals surface area contributed by atoms with E-state index in [1.807, 2.05) is 63.2 Å². The minimum Gasteiger partial charge on any atom is -0.488 e. The van der Waals surface area contributed by atoms with Crippen LogP contribution in [0.25, 0.3) is 0 Å². The lowest BCUT2D eigenvalue weighted by Crippen LogP contribution is -2.23. The van der Waals surface area contributed by atoms with Crippen molar-refractivity contribution in [1.82, 2.24) is 0 Å². The average molecular weight is 518 g/mol. The highest BCUT2D eigenvalue weighted by Gasteiger charge is 2.25. The fourth-order valence-electron chi connectivity index (χ4n) is 4.75. The van der Waals surface area contributed by atoms with E-state index in [-0.39, 0.29) is 16.7 Å². The maximum atomic E-state index is 11.6. The normalized spacial score (nSPS) is 13.4. The van der Waals surface area contributed by atoms with Gasteiger partial charge in [0, 0.05) is 61.6 Å². The van der Waals surface area contributed by atoms with E-state index in [0.717, 1.165) is 39.2 Å². The molecule has 1 heterocycles. The molecular weight excluding hydrogens is 486 g/mol. The number of benzene rings is 3. The first kappa shape index (κ1) is 26.8. The second-order valence-corrected chi connectivity index (χ2v) is 9.22. The van der Waals surface area contributed by atoms with Gasteiger partial charge in [0.05, 0.1) is 11.5 Å². The van der Waals surface area contributed by atoms with Crippen LogP contribution in [0.5, 0.6) is 5.75 Å². The summed E-state index contributed by atoms with van der Waals surface area (Å²) in [5, 5.41) is 15.6. The van der Waals surface area contributed by atoms with Gasteiger partial charge in [0.2, 0.25) is 0 Å². The summed E-state index contributed by atoms with van der Waals surface area (Å²) in [7, 11) is 1.63. The Bertz CT molecular complexity index is 1400. The first-order valence-corrected chi connectivity index (χ1v) is 12.4. The maximum Gasteiger partial charge on any atom is 0.332 e. The molecule has 3 aromatic rings. The summed E-state index contributed by atoms with van der Waals surface area (Å²) in [5.41, 5.74) is 6.88. The van der Waals surface area contributed by atoms with Gasteiger partial charge >= 0.3 is 5.97 Å². The van der Waals surface area contributed by atoms with Crippen LogP contribution in [-0.2, 0) is 20.8 Å². The van der Waals surface area contributed by atoms with Crippen LogP contribution >= 0.6 is 0 Å². The third-order valence-electron chi connectivity index (χ3n) is 6.36. The van der Waals surface area contributed by atoms with Gasteiger partial charge in [-0.2, -0.15) is 0 Å². The van der Waals surface area contributed by atoms with Crippen LogP contribution in [-0.4, -0.2) is 43.0 Å². The molecule has 4 rings (SSSR count). The predicted molar refractivity (Wildman–Crippen MR) is 146 cm³/mol. The van der Waals surface area contributed by atoms with E-state index in [1.165, 1.54) is 13.0 Å². The number of carbonyl (C=O) groups excluding carboxylic acids is 1. The van der Waals surface area contributed by atoms with Gasteiger partial charge < -0.3 is 19.2 Å². The quantitative estimate of drug-likeness (QED) is 0.155. The molecule has 0 aromatic heterocycles. The van der Waals surface area contributed by atoms with Crippen molar-refractivity contribution in [3.8, 4) is 5.75 Å². The van der Waals surface area contributed by atoms with Crippen LogP contribution in [0, 0.1) is 17.0 Å². The third-order valence-corrected chi connectivity index (χ3v) is 6.36. The molecule has 3 aromatic carbocycles. The van der Waals surface area contributed by atoms with E-state index in [4.69, 9.17) is 14.3 Å². The molecule has 0 saturated heterocycles. The molecule has 9 heteroatoms. The van der Waals surface area contributed by atoms with Crippen LogP contribution in [0.2, 0.25) is 0 Å². The molecule has 0 fully saturated rings. The summed E-state index contributed by atoms with van der Waals surface area (Å²) < 4.78 is 11.1. The first-order chi connectivity index (χ1) is 18.2. The lowest BCUT2D eigenvalue weighted by molar-refractivity contribution is -0.384. The number of nitro groups is 1. The number of rotatable bonds is 9. The van der Waals surface area contributed by atoms with Crippen molar-refractivity contribution in [3.63, 3.8) is 0 Å². The summed E-state index contributed by atoms with van der Waals surface area (Å²) >= 11 is 0. The molecule has 0 N–H and O–H groups in total. The molecule has 1 aliphatic heterocycles. The fraction of sp³-hybridized carbons (Fsp3) is 0.310. The highest BCUT2D eigenvalue weighted by atomic mass is 16.7. The highest BCUT2D eigenvalue weighted by Crippen LogP contribution is 2.40. The minimum absolute atomic E-state index is 0.0641. The molecule has 1 aliphatic rings. The molecule has 38 heavy (non-hydrogen) atoms. The molecular formula is C29H31N3O6. The van der Waals surface area contributed by atoms with Gasteiger partial charge in [0.25, 0.3) is 5.69 Å². The first-order valence-electron chi connectivity index (χ1n) is 12.4. The molecule has 0 amide bonds. The number of nitrogens with zero attached hydrogens (tertiary/aromatic N) is 3. The topological polar surface area (TPSA) is 104 Å². The van der Waals surface area contributed by atoms with Crippen LogP contribution in [0.1, 0.15) is 48.6 Å². The smallest absolute Gasteiger partial charge is 0.332 e. The van der Waals surface area contributed by atoms with E-state index in [9.17, 15) is 14.9 Å². The van der Waals surface area contributed by atoms with Crippen molar-refractivity contribution in [2.45, 2.75) is 40.2 Å². The summed E-state index contributed by atoms with van der Waals surface area (Å²) in [5.74, 6) is 0.176. The molecule has 0 saturated carbocycles. The van der Waals surface area contributed by atoms with E-state index < -0.39 is 5.97 Å². The van der Waals surface area contributed by atoms with Crippen molar-refractivity contribution in [3.05, 3.63) is 92.5 Å². The van der Waals surface area contributed by atoms with Crippen molar-refractivity contribution in [2.75, 3.05) is 25.2 Å². The number of hydrogen-bond donors (Lipinski definition) is 0. The largest absolute Gasteiger partial charge is 0.488 e. The number of aryl methyl sites for hydroxylation is 1. The summed E-state index contributed by atoms with van der Waals surface area (Å²) in [6.07, 6.45) is 0.418. The summed E-state index contributed by atoms with van der Waals surface area (Å²) in [4.78, 5) is 29.9. The molecule has 0 bridgehead atoms. The van der Waals surface area contributed by atoms with Gasteiger partial charge in [-0.3, -0.25) is 10.1 Å². The number of ether oxygens (including phenoxy) is 2. The minimum atomic E-state index is -0.523. The SMILES string of the molecule is CCN1c2ccc(/C(=N/OC(C)=O)c3ccc(OC(C)COC)cc3C)cc2Cc2cc([N+](=O)[O-])ccc21. The Hall–Kier alpha value is -4.24. The predicted octanol–water partition coefficient (Wildman–Crippen LogP) is 5.69. The van der Waals surface area contributed by atoms with Crippen LogP contribution < -0.4 is 9.64 Å². The number of nitro benzene ring substituents is 1. The van der Waals surface area contributed by atoms with Gasteiger partial charge in [-0.05, 0) is 73.9 Å². The zero-order valence-corrected chi connectivity index (χ0v) is 22.2. The number of hydrogen-bond acceptors (Lipinski definition) is 8. The Kier molecular flexibility index (Phi) is 8.07. The number of carbonyl (C=O) groups is 1. The van der Waals surface area contributed by atoms with Crippen LogP contribution in [0.4, 0.5) is 17.1 Å². The van der Waals surface area contributed by atoms with Crippen LogP contribution in [0.15, 0.2) is 59.8 Å². The van der Waals surface area contributed by atoms with Crippen molar-refractivity contribution < 1.29 is 24.0 Å². The van der Waals surface area contributed by atoms with Gasteiger partial charge in [0.1, 0.15) is 17.6 Å². The van der Waals surface area contributed by atoms with E-state index in [1.54, 1.807) is 13.2 Å². The molecule has 0 aliphatic carbocycles. The Morgan fingerprint density at radius 2 is 1.82 bits per heavy atom. The number of fused-ring (bicyclic) bond motifs is 2. The molecule has 0 spiro atoms. The van der Waals surface area contributed by atoms with Gasteiger partial charge in [-0.15, -0.1) is 0 Å². The Labute approximate surface area is 221 Å². The molecule has 1 atom stereocenters. The number of methoxy groups -OCH3 is 1. The standard InChI is InChI=1S/C29H31N3O6/c1-6-31-27-11-7-21(14-22(27)15-23-16-24(32(34)35)8-12-28(23)31)29(30-38-20(4)33)26-10-9-25(13-18(26)2)37-19(3)17-36-5/h7-14,16,19H,6,15,17H2,1-5H3/b30-29-. The maximum absolute atomic E-state index is 11.6. The van der Waals surface area contributed by atoms with Crippen molar-refractivity contribution >= 4 is 28.7 Å². The van der Waals surface area contributed by atoms with E-state index in [2.05, 4.69) is 10.1 Å². The number of anilines is 2. The molecule has 198 valence electrons. The molecule has 0 radical (unpaired) electrons. The van der Waals surface area contributed by atoms with E-state index >= 15 is 0 Å². The van der Waals surface area contributed by atoms with Gasteiger partial charge in [-0.25, -0.2) is 4.79 Å². The zero-order valence-electron chi connectivity index (χ0n) is 22.2. The summed E-state index contributed by atoms with van der Waals surface area (Å²) in [6.45, 7) is 8.39. The van der Waals surface area contributed by atoms with E-state index in [0.29, 0.717) is 31.0 Å². The monoisotopic (exact) mass is 517 g/mol. The van der Waals surface area contributed by atoms with Gasteiger partial charge in [0.15, 0.2) is 0 Å². The molecule has 1 unspecified atom stereocenters.